The molecule has 1 aromatic rings. The molecule has 0 aromatic heterocycles. The molecule has 0 unspecified atom stereocenters. The van der Waals surface area contributed by atoms with E-state index in [2.05, 4.69) is 5.32 Å². The third-order valence-corrected chi connectivity index (χ3v) is 5.45. The van der Waals surface area contributed by atoms with E-state index >= 15 is 0 Å². The van der Waals surface area contributed by atoms with E-state index < -0.39 is 35.0 Å². The minimum atomic E-state index is -0.956. The minimum Gasteiger partial charge on any atom is -0.481 e. The van der Waals surface area contributed by atoms with Crippen molar-refractivity contribution in [2.75, 3.05) is 0 Å². The first-order valence-electron chi connectivity index (χ1n) is 8.40. The molecule has 130 valence electrons. The molecule has 0 heterocycles. The Kier molecular flexibility index (Phi) is 4.56. The maximum absolute atomic E-state index is 14.0. The molecule has 0 radical (unpaired) electrons. The molecule has 0 bridgehead atoms. The van der Waals surface area contributed by atoms with Crippen LogP contribution in [0.3, 0.4) is 0 Å². The van der Waals surface area contributed by atoms with Gasteiger partial charge >= 0.3 is 5.97 Å². The van der Waals surface area contributed by atoms with Crippen LogP contribution in [-0.4, -0.2) is 22.5 Å². The first-order valence-corrected chi connectivity index (χ1v) is 8.40. The number of nitrogens with one attached hydrogen (secondary N) is 1. The van der Waals surface area contributed by atoms with Crippen LogP contribution >= 0.6 is 0 Å². The van der Waals surface area contributed by atoms with E-state index in [9.17, 15) is 18.4 Å². The Morgan fingerprint density at radius 1 is 1.12 bits per heavy atom. The van der Waals surface area contributed by atoms with Gasteiger partial charge in [-0.05, 0) is 37.8 Å². The summed E-state index contributed by atoms with van der Waals surface area (Å²) in [4.78, 5) is 23.6. The number of hydrogen-bond donors (Lipinski definition) is 2. The third kappa shape index (κ3) is 3.14. The fourth-order valence-electron chi connectivity index (χ4n) is 3.90. The number of carbonyl (C=O) groups excluding carboxylic acids is 1. The number of halogens is 2. The number of carboxylic acid groups (broad SMARTS) is 1. The van der Waals surface area contributed by atoms with Crippen molar-refractivity contribution in [2.24, 2.45) is 11.8 Å². The number of benzene rings is 1. The summed E-state index contributed by atoms with van der Waals surface area (Å²) in [6.07, 6.45) is 4.21. The normalized spacial score (nSPS) is 25.1. The molecule has 24 heavy (non-hydrogen) atoms. The van der Waals surface area contributed by atoms with Crippen molar-refractivity contribution in [3.05, 3.63) is 35.4 Å². The number of aliphatic carboxylic acids is 1. The second kappa shape index (κ2) is 6.49. The van der Waals surface area contributed by atoms with Crippen LogP contribution in [0.15, 0.2) is 18.2 Å². The second-order valence-electron chi connectivity index (χ2n) is 6.98. The van der Waals surface area contributed by atoms with E-state index in [1.165, 1.54) is 18.2 Å². The Morgan fingerprint density at radius 3 is 2.21 bits per heavy atom. The van der Waals surface area contributed by atoms with Gasteiger partial charge in [0, 0.05) is 17.5 Å². The highest BCUT2D eigenvalue weighted by molar-refractivity contribution is 5.86. The van der Waals surface area contributed by atoms with Crippen molar-refractivity contribution in [3.63, 3.8) is 0 Å². The molecule has 2 saturated carbocycles. The number of amides is 1. The zero-order valence-electron chi connectivity index (χ0n) is 13.4. The lowest BCUT2D eigenvalue weighted by Crippen LogP contribution is -2.54. The zero-order chi connectivity index (χ0) is 17.3. The molecule has 3 rings (SSSR count). The van der Waals surface area contributed by atoms with E-state index in [0.717, 1.165) is 12.8 Å². The molecule has 2 atom stereocenters. The predicted molar refractivity (Wildman–Crippen MR) is 83.3 cm³/mol. The minimum absolute atomic E-state index is 0.0110. The van der Waals surface area contributed by atoms with Crippen molar-refractivity contribution < 1.29 is 23.5 Å². The Labute approximate surface area is 139 Å². The third-order valence-electron chi connectivity index (χ3n) is 5.45. The quantitative estimate of drug-likeness (QED) is 0.868. The summed E-state index contributed by atoms with van der Waals surface area (Å²) >= 11 is 0. The average molecular weight is 337 g/mol. The van der Waals surface area contributed by atoms with Crippen molar-refractivity contribution in [1.82, 2.24) is 5.32 Å². The van der Waals surface area contributed by atoms with Crippen molar-refractivity contribution in [3.8, 4) is 0 Å². The first-order chi connectivity index (χ1) is 11.4. The maximum Gasteiger partial charge on any atom is 0.307 e. The fourth-order valence-corrected chi connectivity index (χ4v) is 3.90. The van der Waals surface area contributed by atoms with Gasteiger partial charge in [-0.3, -0.25) is 9.59 Å². The van der Waals surface area contributed by atoms with Crippen LogP contribution in [0.25, 0.3) is 0 Å². The van der Waals surface area contributed by atoms with Crippen LogP contribution in [0.4, 0.5) is 8.78 Å². The molecule has 1 aromatic carbocycles. The average Bonchev–Trinajstić information content (AvgIpc) is 2.89. The van der Waals surface area contributed by atoms with Gasteiger partial charge in [0.2, 0.25) is 5.91 Å². The highest BCUT2D eigenvalue weighted by Crippen LogP contribution is 2.38. The number of carbonyl (C=O) groups is 2. The summed E-state index contributed by atoms with van der Waals surface area (Å²) in [5.41, 5.74) is -0.693. The lowest BCUT2D eigenvalue weighted by Gasteiger charge is -2.37. The Bertz CT molecular complexity index is 635. The molecule has 2 aliphatic rings. The fraction of sp³-hybridized carbons (Fsp3) is 0.556. The lowest BCUT2D eigenvalue weighted by molar-refractivity contribution is -0.153. The summed E-state index contributed by atoms with van der Waals surface area (Å²) in [6.45, 7) is 0. The monoisotopic (exact) mass is 337 g/mol. The van der Waals surface area contributed by atoms with Crippen LogP contribution in [0.1, 0.15) is 44.1 Å². The molecular formula is C18H21F2NO3. The number of rotatable bonds is 5. The summed E-state index contributed by atoms with van der Waals surface area (Å²) in [7, 11) is 0. The molecule has 0 saturated heterocycles. The van der Waals surface area contributed by atoms with E-state index in [-0.39, 0.29) is 17.9 Å². The van der Waals surface area contributed by atoms with Crippen molar-refractivity contribution in [1.29, 1.82) is 0 Å². The Balaban J connectivity index is 1.77. The van der Waals surface area contributed by atoms with Gasteiger partial charge in [-0.15, -0.1) is 0 Å². The molecular weight excluding hydrogens is 316 g/mol. The molecule has 0 aliphatic heterocycles. The lowest BCUT2D eigenvalue weighted by atomic mass is 9.72. The summed E-state index contributed by atoms with van der Waals surface area (Å²) < 4.78 is 28.0. The topological polar surface area (TPSA) is 66.4 Å². The molecule has 0 spiro atoms. The van der Waals surface area contributed by atoms with Crippen molar-refractivity contribution >= 4 is 11.9 Å². The van der Waals surface area contributed by atoms with Crippen LogP contribution < -0.4 is 5.32 Å². The van der Waals surface area contributed by atoms with Gasteiger partial charge in [-0.1, -0.05) is 18.9 Å². The van der Waals surface area contributed by atoms with Crippen LogP contribution in [0, 0.1) is 23.5 Å². The number of hydrogen-bond acceptors (Lipinski definition) is 2. The van der Waals surface area contributed by atoms with Gasteiger partial charge in [-0.2, -0.15) is 0 Å². The first kappa shape index (κ1) is 16.9. The summed E-state index contributed by atoms with van der Waals surface area (Å²) in [5.74, 6) is -3.65. The largest absolute Gasteiger partial charge is 0.481 e. The van der Waals surface area contributed by atoms with Crippen LogP contribution in [-0.2, 0) is 16.0 Å². The van der Waals surface area contributed by atoms with Gasteiger partial charge in [0.25, 0.3) is 0 Å². The zero-order valence-corrected chi connectivity index (χ0v) is 13.4. The van der Waals surface area contributed by atoms with Crippen LogP contribution in [0.5, 0.6) is 0 Å². The summed E-state index contributed by atoms with van der Waals surface area (Å²) in [6, 6.07) is 3.75. The van der Waals surface area contributed by atoms with E-state index in [1.807, 2.05) is 0 Å². The highest BCUT2D eigenvalue weighted by Gasteiger charge is 2.45. The molecule has 2 fully saturated rings. The summed E-state index contributed by atoms with van der Waals surface area (Å²) in [5, 5.41) is 12.1. The van der Waals surface area contributed by atoms with Gasteiger partial charge in [0.1, 0.15) is 11.6 Å². The Morgan fingerprint density at radius 2 is 1.71 bits per heavy atom. The van der Waals surface area contributed by atoms with Gasteiger partial charge < -0.3 is 10.4 Å². The molecule has 4 nitrogen and oxygen atoms in total. The van der Waals surface area contributed by atoms with Gasteiger partial charge in [0.05, 0.1) is 11.8 Å². The second-order valence-corrected chi connectivity index (χ2v) is 6.98. The molecule has 1 amide bonds. The van der Waals surface area contributed by atoms with E-state index in [4.69, 9.17) is 5.11 Å². The van der Waals surface area contributed by atoms with E-state index in [1.54, 1.807) is 0 Å². The van der Waals surface area contributed by atoms with Crippen molar-refractivity contribution in [2.45, 2.75) is 50.5 Å². The number of carboxylic acids is 1. The highest BCUT2D eigenvalue weighted by atomic mass is 19.1. The molecule has 2 aliphatic carbocycles. The SMILES string of the molecule is O=C(NC1(Cc2c(F)cccc2F)CCCC1)[C@H]1CC[C@H]1C(=O)O. The molecule has 2 N–H and O–H groups in total. The smallest absolute Gasteiger partial charge is 0.307 e. The van der Waals surface area contributed by atoms with Gasteiger partial charge in [0.15, 0.2) is 0 Å². The standard InChI is InChI=1S/C18H21F2NO3/c19-14-4-3-5-15(20)13(14)10-18(8-1-2-9-18)21-16(22)11-6-7-12(11)17(23)24/h3-5,11-12H,1-2,6-10H2,(H,21,22)(H,23,24)/t11-,12+/m0/s1. The maximum atomic E-state index is 14.0. The Hall–Kier alpha value is -1.98. The van der Waals surface area contributed by atoms with Gasteiger partial charge in [-0.25, -0.2) is 8.78 Å². The molecule has 6 heteroatoms. The van der Waals surface area contributed by atoms with E-state index in [0.29, 0.717) is 25.7 Å². The van der Waals surface area contributed by atoms with Crippen LogP contribution in [0.2, 0.25) is 0 Å². The predicted octanol–water partition coefficient (Wildman–Crippen LogP) is 3.05.